The molecule has 2 rings (SSSR count). The molecule has 0 bridgehead atoms. The van der Waals surface area contributed by atoms with Crippen LogP contribution < -0.4 is 5.32 Å². The van der Waals surface area contributed by atoms with Gasteiger partial charge in [0.2, 0.25) is 5.82 Å². The number of amides is 1. The molecule has 0 aliphatic rings. The van der Waals surface area contributed by atoms with Crippen molar-refractivity contribution in [2.75, 3.05) is 0 Å². The smallest absolute Gasteiger partial charge is 0.305 e. The topological polar surface area (TPSA) is 114 Å². The molecule has 10 heteroatoms. The van der Waals surface area contributed by atoms with Crippen LogP contribution in [0.2, 0.25) is 0 Å². The van der Waals surface area contributed by atoms with Crippen molar-refractivity contribution >= 4 is 11.6 Å². The minimum Gasteiger partial charge on any atom is -0.342 e. The molecule has 0 fully saturated rings. The quantitative estimate of drug-likeness (QED) is 0.655. The molecule has 0 radical (unpaired) electrons. The number of halogens is 2. The highest BCUT2D eigenvalue weighted by molar-refractivity contribution is 5.95. The molecule has 1 aromatic carbocycles. The Morgan fingerprint density at radius 2 is 2.19 bits per heavy atom. The Balaban J connectivity index is 2.31. The number of nitrogens with one attached hydrogen (secondary N) is 2. The maximum atomic E-state index is 13.8. The van der Waals surface area contributed by atoms with E-state index >= 15 is 0 Å². The minimum absolute atomic E-state index is 0.273. The van der Waals surface area contributed by atoms with Crippen LogP contribution in [0.25, 0.3) is 0 Å². The van der Waals surface area contributed by atoms with E-state index in [9.17, 15) is 23.7 Å². The molecule has 21 heavy (non-hydrogen) atoms. The van der Waals surface area contributed by atoms with E-state index in [1.165, 1.54) is 13.3 Å². The fourth-order valence-corrected chi connectivity index (χ4v) is 1.65. The van der Waals surface area contributed by atoms with Crippen molar-refractivity contribution in [1.29, 1.82) is 0 Å². The second-order valence-electron chi connectivity index (χ2n) is 4.08. The van der Waals surface area contributed by atoms with E-state index in [-0.39, 0.29) is 5.82 Å². The standard InChI is InChI=1S/C11H9F2N5O3/c1-5(10-14-4-15-17-10)16-11(19)8-6(12)2-3-7(9(8)13)18(20)21/h2-5H,1H3,(H,16,19)(H,14,15,17). The molecule has 0 saturated heterocycles. The largest absolute Gasteiger partial charge is 0.342 e. The number of aromatic amines is 1. The first-order valence-corrected chi connectivity index (χ1v) is 5.70. The monoisotopic (exact) mass is 297 g/mol. The van der Waals surface area contributed by atoms with Gasteiger partial charge in [-0.1, -0.05) is 0 Å². The Labute approximate surface area is 116 Å². The number of carbonyl (C=O) groups is 1. The van der Waals surface area contributed by atoms with E-state index in [4.69, 9.17) is 0 Å². The zero-order valence-electron chi connectivity index (χ0n) is 10.6. The number of nitro groups is 1. The van der Waals surface area contributed by atoms with Crippen LogP contribution in [0.1, 0.15) is 29.1 Å². The summed E-state index contributed by atoms with van der Waals surface area (Å²) in [4.78, 5) is 25.2. The van der Waals surface area contributed by atoms with Crippen LogP contribution in [-0.4, -0.2) is 26.0 Å². The Morgan fingerprint density at radius 3 is 2.76 bits per heavy atom. The van der Waals surface area contributed by atoms with Crippen molar-refractivity contribution in [3.8, 4) is 0 Å². The first kappa shape index (κ1) is 14.5. The summed E-state index contributed by atoms with van der Waals surface area (Å²) in [7, 11) is 0. The fourth-order valence-electron chi connectivity index (χ4n) is 1.65. The second kappa shape index (κ2) is 5.61. The molecule has 2 aromatic rings. The number of nitro benzene ring substituents is 1. The molecule has 1 atom stereocenters. The Kier molecular flexibility index (Phi) is 3.87. The van der Waals surface area contributed by atoms with Crippen molar-refractivity contribution in [2.24, 2.45) is 0 Å². The van der Waals surface area contributed by atoms with Gasteiger partial charge in [0.15, 0.2) is 0 Å². The molecule has 0 aliphatic heterocycles. The molecule has 1 unspecified atom stereocenters. The predicted octanol–water partition coefficient (Wildman–Crippen LogP) is 1.48. The number of aromatic nitrogens is 3. The van der Waals surface area contributed by atoms with Crippen LogP contribution in [0, 0.1) is 21.7 Å². The third-order valence-corrected chi connectivity index (χ3v) is 2.69. The van der Waals surface area contributed by atoms with E-state index < -0.39 is 39.8 Å². The van der Waals surface area contributed by atoms with Gasteiger partial charge < -0.3 is 5.32 Å². The third-order valence-electron chi connectivity index (χ3n) is 2.69. The molecular weight excluding hydrogens is 288 g/mol. The fraction of sp³-hybridized carbons (Fsp3) is 0.182. The lowest BCUT2D eigenvalue weighted by atomic mass is 10.1. The predicted molar refractivity (Wildman–Crippen MR) is 65.3 cm³/mol. The average molecular weight is 297 g/mol. The maximum absolute atomic E-state index is 13.8. The number of hydrogen-bond acceptors (Lipinski definition) is 5. The van der Waals surface area contributed by atoms with Crippen molar-refractivity contribution in [1.82, 2.24) is 20.5 Å². The normalized spacial score (nSPS) is 12.0. The number of hydrogen-bond donors (Lipinski definition) is 2. The number of nitrogens with zero attached hydrogens (tertiary/aromatic N) is 3. The summed E-state index contributed by atoms with van der Waals surface area (Å²) in [6, 6.07) is 0.606. The van der Waals surface area contributed by atoms with E-state index in [0.29, 0.717) is 12.1 Å². The van der Waals surface area contributed by atoms with Gasteiger partial charge in [-0.05, 0) is 13.0 Å². The highest BCUT2D eigenvalue weighted by atomic mass is 19.1. The molecule has 1 aromatic heterocycles. The lowest BCUT2D eigenvalue weighted by molar-refractivity contribution is -0.387. The average Bonchev–Trinajstić information content (AvgIpc) is 2.91. The molecule has 8 nitrogen and oxygen atoms in total. The van der Waals surface area contributed by atoms with Crippen LogP contribution >= 0.6 is 0 Å². The molecular formula is C11H9F2N5O3. The SMILES string of the molecule is CC(NC(=O)c1c(F)ccc([N+](=O)[O-])c1F)c1ncn[nH]1. The lowest BCUT2D eigenvalue weighted by Gasteiger charge is -2.12. The zero-order chi connectivity index (χ0) is 15.6. The lowest BCUT2D eigenvalue weighted by Crippen LogP contribution is -2.29. The van der Waals surface area contributed by atoms with Gasteiger partial charge in [-0.3, -0.25) is 20.0 Å². The molecule has 1 amide bonds. The molecule has 2 N–H and O–H groups in total. The van der Waals surface area contributed by atoms with Crippen LogP contribution in [0.3, 0.4) is 0 Å². The Bertz CT molecular complexity index is 689. The molecule has 0 spiro atoms. The van der Waals surface area contributed by atoms with Gasteiger partial charge in [-0.15, -0.1) is 0 Å². The molecule has 0 saturated carbocycles. The van der Waals surface area contributed by atoms with Gasteiger partial charge in [0, 0.05) is 6.07 Å². The summed E-state index contributed by atoms with van der Waals surface area (Å²) in [5.41, 5.74) is -2.00. The van der Waals surface area contributed by atoms with Crippen LogP contribution in [0.5, 0.6) is 0 Å². The minimum atomic E-state index is -1.53. The third kappa shape index (κ3) is 2.83. The van der Waals surface area contributed by atoms with Gasteiger partial charge in [0.25, 0.3) is 5.91 Å². The van der Waals surface area contributed by atoms with E-state index in [1.54, 1.807) is 0 Å². The Morgan fingerprint density at radius 1 is 1.48 bits per heavy atom. The van der Waals surface area contributed by atoms with Crippen LogP contribution in [0.15, 0.2) is 18.5 Å². The summed E-state index contributed by atoms with van der Waals surface area (Å²) in [6.07, 6.45) is 1.20. The highest BCUT2D eigenvalue weighted by Crippen LogP contribution is 2.23. The molecule has 110 valence electrons. The van der Waals surface area contributed by atoms with Crippen molar-refractivity contribution in [3.05, 3.63) is 51.6 Å². The van der Waals surface area contributed by atoms with Gasteiger partial charge in [-0.2, -0.15) is 9.49 Å². The second-order valence-corrected chi connectivity index (χ2v) is 4.08. The summed E-state index contributed by atoms with van der Waals surface area (Å²) in [6.45, 7) is 1.51. The number of H-pyrrole nitrogens is 1. The van der Waals surface area contributed by atoms with Crippen molar-refractivity contribution in [3.63, 3.8) is 0 Å². The Hall–Kier alpha value is -2.91. The summed E-state index contributed by atoms with van der Waals surface area (Å²) < 4.78 is 27.4. The van der Waals surface area contributed by atoms with Gasteiger partial charge >= 0.3 is 5.69 Å². The van der Waals surface area contributed by atoms with Crippen LogP contribution in [0.4, 0.5) is 14.5 Å². The van der Waals surface area contributed by atoms with Crippen LogP contribution in [-0.2, 0) is 0 Å². The first-order valence-electron chi connectivity index (χ1n) is 5.70. The summed E-state index contributed by atoms with van der Waals surface area (Å²) >= 11 is 0. The van der Waals surface area contributed by atoms with Gasteiger partial charge in [0.05, 0.1) is 11.0 Å². The maximum Gasteiger partial charge on any atom is 0.305 e. The van der Waals surface area contributed by atoms with Gasteiger partial charge in [0.1, 0.15) is 23.5 Å². The molecule has 1 heterocycles. The summed E-state index contributed by atoms with van der Waals surface area (Å²) in [5.74, 6) is -3.57. The summed E-state index contributed by atoms with van der Waals surface area (Å²) in [5, 5.41) is 18.9. The first-order chi connectivity index (χ1) is 9.91. The van der Waals surface area contributed by atoms with E-state index in [1.807, 2.05) is 0 Å². The number of benzene rings is 1. The number of rotatable bonds is 4. The van der Waals surface area contributed by atoms with Crippen molar-refractivity contribution < 1.29 is 18.5 Å². The van der Waals surface area contributed by atoms with E-state index in [0.717, 1.165) is 0 Å². The van der Waals surface area contributed by atoms with Gasteiger partial charge in [-0.25, -0.2) is 9.37 Å². The highest BCUT2D eigenvalue weighted by Gasteiger charge is 2.27. The zero-order valence-corrected chi connectivity index (χ0v) is 10.6. The van der Waals surface area contributed by atoms with Crippen molar-refractivity contribution in [2.45, 2.75) is 13.0 Å². The number of carbonyl (C=O) groups excluding carboxylic acids is 1. The van der Waals surface area contributed by atoms with E-state index in [2.05, 4.69) is 20.5 Å². The molecule has 0 aliphatic carbocycles.